The van der Waals surface area contributed by atoms with Gasteiger partial charge < -0.3 is 10.1 Å². The van der Waals surface area contributed by atoms with Gasteiger partial charge >= 0.3 is 0 Å². The third-order valence-electron chi connectivity index (χ3n) is 3.35. The average Bonchev–Trinajstić information content (AvgIpc) is 2.77. The highest BCUT2D eigenvalue weighted by Gasteiger charge is 2.29. The van der Waals surface area contributed by atoms with Gasteiger partial charge in [-0.25, -0.2) is 0 Å². The predicted molar refractivity (Wildman–Crippen MR) is 76.1 cm³/mol. The van der Waals surface area contributed by atoms with Gasteiger partial charge in [0.2, 0.25) is 0 Å². The zero-order chi connectivity index (χ0) is 13.0. The lowest BCUT2D eigenvalue weighted by Crippen LogP contribution is -2.42. The van der Waals surface area contributed by atoms with Crippen LogP contribution in [0.25, 0.3) is 0 Å². The van der Waals surface area contributed by atoms with Crippen LogP contribution in [0.4, 0.5) is 0 Å². The second-order valence-corrected chi connectivity index (χ2v) is 5.19. The Kier molecular flexibility index (Phi) is 4.43. The molecule has 1 N–H and O–H groups in total. The predicted octanol–water partition coefficient (Wildman–Crippen LogP) is 3.32. The average molecular weight is 245 g/mol. The normalized spacial score (nSPS) is 19.1. The molecule has 2 rings (SSSR count). The number of para-hydroxylation sites is 1. The molecule has 0 saturated heterocycles. The topological polar surface area (TPSA) is 21.3 Å². The van der Waals surface area contributed by atoms with Crippen LogP contribution in [0.3, 0.4) is 0 Å². The highest BCUT2D eigenvalue weighted by Crippen LogP contribution is 2.30. The van der Waals surface area contributed by atoms with Crippen molar-refractivity contribution in [3.05, 3.63) is 42.0 Å². The van der Waals surface area contributed by atoms with Crippen molar-refractivity contribution in [3.63, 3.8) is 0 Å². The molecule has 2 heteroatoms. The van der Waals surface area contributed by atoms with E-state index in [0.717, 1.165) is 31.6 Å². The van der Waals surface area contributed by atoms with Gasteiger partial charge in [-0.3, -0.25) is 0 Å². The molecule has 0 radical (unpaired) electrons. The van der Waals surface area contributed by atoms with E-state index in [4.69, 9.17) is 4.74 Å². The molecule has 1 aliphatic rings. The molecule has 1 aromatic carbocycles. The van der Waals surface area contributed by atoms with Crippen LogP contribution in [0.15, 0.2) is 36.4 Å². The number of hydrogen-bond donors (Lipinski definition) is 1. The zero-order valence-corrected chi connectivity index (χ0v) is 11.4. The Labute approximate surface area is 110 Å². The van der Waals surface area contributed by atoms with Gasteiger partial charge in [0.25, 0.3) is 0 Å². The molecule has 0 amide bonds. The molecule has 0 aliphatic carbocycles. The van der Waals surface area contributed by atoms with E-state index < -0.39 is 0 Å². The highest BCUT2D eigenvalue weighted by atomic mass is 16.5. The molecule has 2 atom stereocenters. The number of ether oxygens (including phenoxy) is 1. The van der Waals surface area contributed by atoms with Gasteiger partial charge in [-0.2, -0.15) is 0 Å². The van der Waals surface area contributed by atoms with Crippen LogP contribution in [0.1, 0.15) is 32.3 Å². The van der Waals surface area contributed by atoms with Crippen LogP contribution in [-0.2, 0) is 6.42 Å². The van der Waals surface area contributed by atoms with E-state index in [2.05, 4.69) is 43.9 Å². The Morgan fingerprint density at radius 1 is 1.50 bits per heavy atom. The molecule has 0 saturated carbocycles. The van der Waals surface area contributed by atoms with Crippen LogP contribution >= 0.6 is 0 Å². The molecule has 1 heterocycles. The van der Waals surface area contributed by atoms with Crippen molar-refractivity contribution in [2.45, 2.75) is 45.3 Å². The SMILES string of the molecule is C=C(C)CC(NCCC)C1Cc2ccccc2O1. The fourth-order valence-corrected chi connectivity index (χ4v) is 2.47. The summed E-state index contributed by atoms with van der Waals surface area (Å²) in [6.07, 6.45) is 3.38. The van der Waals surface area contributed by atoms with Crippen molar-refractivity contribution in [2.24, 2.45) is 0 Å². The number of fused-ring (bicyclic) bond motifs is 1. The van der Waals surface area contributed by atoms with Gasteiger partial charge in [-0.15, -0.1) is 6.58 Å². The second kappa shape index (κ2) is 6.05. The summed E-state index contributed by atoms with van der Waals surface area (Å²) >= 11 is 0. The minimum absolute atomic E-state index is 0.241. The summed E-state index contributed by atoms with van der Waals surface area (Å²) in [5, 5.41) is 3.59. The van der Waals surface area contributed by atoms with E-state index in [1.807, 2.05) is 6.07 Å². The van der Waals surface area contributed by atoms with Gasteiger partial charge in [-0.05, 0) is 37.9 Å². The summed E-state index contributed by atoms with van der Waals surface area (Å²) in [4.78, 5) is 0. The third kappa shape index (κ3) is 3.14. The lowest BCUT2D eigenvalue weighted by Gasteiger charge is -2.24. The first-order chi connectivity index (χ1) is 8.70. The molecular weight excluding hydrogens is 222 g/mol. The quantitative estimate of drug-likeness (QED) is 0.776. The molecule has 0 aromatic heterocycles. The molecule has 0 fully saturated rings. The smallest absolute Gasteiger partial charge is 0.123 e. The molecule has 2 nitrogen and oxygen atoms in total. The standard InChI is InChI=1S/C16H23NO/c1-4-9-17-14(10-12(2)3)16-11-13-7-5-6-8-15(13)18-16/h5-8,14,16-17H,2,4,9-11H2,1,3H3. The van der Waals surface area contributed by atoms with E-state index in [0.29, 0.717) is 6.04 Å². The molecule has 0 bridgehead atoms. The lowest BCUT2D eigenvalue weighted by molar-refractivity contribution is 0.177. The summed E-state index contributed by atoms with van der Waals surface area (Å²) in [6.45, 7) is 9.34. The van der Waals surface area contributed by atoms with E-state index in [9.17, 15) is 0 Å². The minimum Gasteiger partial charge on any atom is -0.488 e. The summed E-state index contributed by atoms with van der Waals surface area (Å²) < 4.78 is 6.06. The Balaban J connectivity index is 2.02. The second-order valence-electron chi connectivity index (χ2n) is 5.19. The van der Waals surface area contributed by atoms with Gasteiger partial charge in [-0.1, -0.05) is 30.7 Å². The Hall–Kier alpha value is -1.28. The maximum Gasteiger partial charge on any atom is 0.123 e. The molecule has 2 unspecified atom stereocenters. The summed E-state index contributed by atoms with van der Waals surface area (Å²) in [7, 11) is 0. The summed E-state index contributed by atoms with van der Waals surface area (Å²) in [5.74, 6) is 1.05. The molecular formula is C16H23NO. The molecule has 0 spiro atoms. The zero-order valence-electron chi connectivity index (χ0n) is 11.4. The first-order valence-electron chi connectivity index (χ1n) is 6.83. The fraction of sp³-hybridized carbons (Fsp3) is 0.500. The monoisotopic (exact) mass is 245 g/mol. The Bertz CT molecular complexity index is 388. The maximum absolute atomic E-state index is 6.06. The van der Waals surface area contributed by atoms with Crippen molar-refractivity contribution < 1.29 is 4.74 Å². The number of hydrogen-bond acceptors (Lipinski definition) is 2. The van der Waals surface area contributed by atoms with E-state index in [1.54, 1.807) is 0 Å². The molecule has 1 aliphatic heterocycles. The van der Waals surface area contributed by atoms with Crippen LogP contribution in [0.5, 0.6) is 5.75 Å². The van der Waals surface area contributed by atoms with Crippen LogP contribution in [0, 0.1) is 0 Å². The summed E-state index contributed by atoms with van der Waals surface area (Å²) in [6, 6.07) is 8.71. The van der Waals surface area contributed by atoms with E-state index >= 15 is 0 Å². The van der Waals surface area contributed by atoms with Crippen molar-refractivity contribution in [1.82, 2.24) is 5.32 Å². The Morgan fingerprint density at radius 2 is 2.28 bits per heavy atom. The largest absolute Gasteiger partial charge is 0.488 e. The van der Waals surface area contributed by atoms with Crippen LogP contribution in [0.2, 0.25) is 0 Å². The number of benzene rings is 1. The first-order valence-corrected chi connectivity index (χ1v) is 6.83. The fourth-order valence-electron chi connectivity index (χ4n) is 2.47. The van der Waals surface area contributed by atoms with Crippen LogP contribution < -0.4 is 10.1 Å². The first kappa shape index (κ1) is 13.2. The number of nitrogens with one attached hydrogen (secondary N) is 1. The minimum atomic E-state index is 0.241. The van der Waals surface area contributed by atoms with Gasteiger partial charge in [0.1, 0.15) is 11.9 Å². The highest BCUT2D eigenvalue weighted by molar-refractivity contribution is 5.37. The third-order valence-corrected chi connectivity index (χ3v) is 3.35. The maximum atomic E-state index is 6.06. The van der Waals surface area contributed by atoms with Gasteiger partial charge in [0.15, 0.2) is 0 Å². The Morgan fingerprint density at radius 3 is 2.94 bits per heavy atom. The number of rotatable bonds is 6. The molecule has 1 aromatic rings. The van der Waals surface area contributed by atoms with E-state index in [1.165, 1.54) is 11.1 Å². The molecule has 98 valence electrons. The van der Waals surface area contributed by atoms with Gasteiger partial charge in [0.05, 0.1) is 0 Å². The van der Waals surface area contributed by atoms with Crippen LogP contribution in [-0.4, -0.2) is 18.7 Å². The van der Waals surface area contributed by atoms with Gasteiger partial charge in [0, 0.05) is 12.5 Å². The van der Waals surface area contributed by atoms with E-state index in [-0.39, 0.29) is 6.10 Å². The summed E-state index contributed by atoms with van der Waals surface area (Å²) in [5.41, 5.74) is 2.54. The van der Waals surface area contributed by atoms with Crippen molar-refractivity contribution >= 4 is 0 Å². The van der Waals surface area contributed by atoms with Crippen molar-refractivity contribution in [3.8, 4) is 5.75 Å². The molecule has 18 heavy (non-hydrogen) atoms. The van der Waals surface area contributed by atoms with Crippen molar-refractivity contribution in [2.75, 3.05) is 6.54 Å². The lowest BCUT2D eigenvalue weighted by atomic mass is 9.99. The van der Waals surface area contributed by atoms with Crippen molar-refractivity contribution in [1.29, 1.82) is 0 Å².